The molecular weight excluding hydrogens is 299 g/mol. The van der Waals surface area contributed by atoms with Gasteiger partial charge in [0.25, 0.3) is 0 Å². The number of aromatic nitrogens is 1. The number of H-pyrrole nitrogens is 1. The number of benzene rings is 1. The van der Waals surface area contributed by atoms with Crippen molar-refractivity contribution in [3.05, 3.63) is 64.1 Å². The SMILES string of the molecule is O=c1ccc(C=Cc2ccc(NCC(O)C(O)CF)cc2)c[nH]1. The van der Waals surface area contributed by atoms with Crippen LogP contribution in [-0.2, 0) is 0 Å². The summed E-state index contributed by atoms with van der Waals surface area (Å²) >= 11 is 0. The second kappa shape index (κ2) is 8.26. The van der Waals surface area contributed by atoms with Crippen molar-refractivity contribution in [3.8, 4) is 0 Å². The average Bonchev–Trinajstić information content (AvgIpc) is 2.59. The highest BCUT2D eigenvalue weighted by molar-refractivity contribution is 5.70. The summed E-state index contributed by atoms with van der Waals surface area (Å²) in [7, 11) is 0. The molecule has 122 valence electrons. The highest BCUT2D eigenvalue weighted by Crippen LogP contribution is 2.12. The lowest BCUT2D eigenvalue weighted by Gasteiger charge is -2.16. The van der Waals surface area contributed by atoms with Gasteiger partial charge < -0.3 is 20.5 Å². The minimum Gasteiger partial charge on any atom is -0.388 e. The number of rotatable bonds is 7. The molecule has 0 aliphatic rings. The minimum absolute atomic E-state index is 0.0671. The first-order valence-electron chi connectivity index (χ1n) is 7.21. The maximum Gasteiger partial charge on any atom is 0.247 e. The van der Waals surface area contributed by atoms with Gasteiger partial charge >= 0.3 is 0 Å². The quantitative estimate of drug-likeness (QED) is 0.625. The number of aliphatic hydroxyl groups excluding tert-OH is 2. The van der Waals surface area contributed by atoms with Gasteiger partial charge in [-0.15, -0.1) is 0 Å². The van der Waals surface area contributed by atoms with E-state index < -0.39 is 18.9 Å². The molecule has 0 saturated heterocycles. The zero-order valence-electron chi connectivity index (χ0n) is 12.4. The van der Waals surface area contributed by atoms with E-state index in [1.54, 1.807) is 12.3 Å². The molecule has 1 heterocycles. The fourth-order valence-electron chi connectivity index (χ4n) is 1.89. The molecule has 23 heavy (non-hydrogen) atoms. The van der Waals surface area contributed by atoms with Gasteiger partial charge in [-0.2, -0.15) is 0 Å². The first kappa shape index (κ1) is 16.9. The number of pyridine rings is 1. The van der Waals surface area contributed by atoms with E-state index in [9.17, 15) is 14.3 Å². The number of aliphatic hydroxyl groups is 2. The molecule has 2 atom stereocenters. The van der Waals surface area contributed by atoms with Gasteiger partial charge in [-0.05, 0) is 29.3 Å². The van der Waals surface area contributed by atoms with Gasteiger partial charge in [0.15, 0.2) is 0 Å². The molecule has 0 bridgehead atoms. The standard InChI is InChI=1S/C17H19FN2O3/c18-9-15(21)16(22)11-19-14-6-3-12(4-7-14)1-2-13-5-8-17(23)20-10-13/h1-8,10,15-16,19,21-22H,9,11H2,(H,20,23). The number of alkyl halides is 1. The smallest absolute Gasteiger partial charge is 0.247 e. The average molecular weight is 318 g/mol. The van der Waals surface area contributed by atoms with Crippen molar-refractivity contribution in [2.24, 2.45) is 0 Å². The van der Waals surface area contributed by atoms with E-state index in [2.05, 4.69) is 10.3 Å². The number of anilines is 1. The zero-order chi connectivity index (χ0) is 16.7. The van der Waals surface area contributed by atoms with Gasteiger partial charge in [0.05, 0.1) is 6.10 Å². The fourth-order valence-corrected chi connectivity index (χ4v) is 1.89. The van der Waals surface area contributed by atoms with Crippen molar-refractivity contribution >= 4 is 17.8 Å². The third kappa shape index (κ3) is 5.36. The lowest BCUT2D eigenvalue weighted by atomic mass is 10.1. The topological polar surface area (TPSA) is 85.3 Å². The Morgan fingerprint density at radius 1 is 1.04 bits per heavy atom. The molecule has 0 amide bonds. The van der Waals surface area contributed by atoms with Crippen molar-refractivity contribution in [3.63, 3.8) is 0 Å². The molecule has 2 aromatic rings. The van der Waals surface area contributed by atoms with E-state index >= 15 is 0 Å². The zero-order valence-corrected chi connectivity index (χ0v) is 12.4. The summed E-state index contributed by atoms with van der Waals surface area (Å²) < 4.78 is 12.2. The Morgan fingerprint density at radius 3 is 2.30 bits per heavy atom. The Bertz CT molecular complexity index is 677. The van der Waals surface area contributed by atoms with Crippen LogP contribution in [0.25, 0.3) is 12.2 Å². The van der Waals surface area contributed by atoms with Gasteiger partial charge in [-0.3, -0.25) is 4.79 Å². The molecule has 5 nitrogen and oxygen atoms in total. The number of nitrogens with one attached hydrogen (secondary N) is 2. The molecule has 2 rings (SSSR count). The summed E-state index contributed by atoms with van der Waals surface area (Å²) in [5.41, 5.74) is 2.47. The van der Waals surface area contributed by atoms with E-state index in [1.807, 2.05) is 36.4 Å². The van der Waals surface area contributed by atoms with Gasteiger partial charge in [-0.1, -0.05) is 24.3 Å². The highest BCUT2D eigenvalue weighted by Gasteiger charge is 2.15. The molecule has 2 unspecified atom stereocenters. The van der Waals surface area contributed by atoms with Crippen molar-refractivity contribution in [1.82, 2.24) is 4.98 Å². The lowest BCUT2D eigenvalue weighted by Crippen LogP contribution is -2.34. The van der Waals surface area contributed by atoms with Crippen LogP contribution in [0.2, 0.25) is 0 Å². The van der Waals surface area contributed by atoms with Crippen LogP contribution < -0.4 is 10.9 Å². The van der Waals surface area contributed by atoms with Crippen LogP contribution in [-0.4, -0.2) is 40.6 Å². The largest absolute Gasteiger partial charge is 0.388 e. The second-order valence-corrected chi connectivity index (χ2v) is 5.11. The summed E-state index contributed by atoms with van der Waals surface area (Å²) in [5.74, 6) is 0. The molecule has 0 aliphatic carbocycles. The summed E-state index contributed by atoms with van der Waals surface area (Å²) in [5, 5.41) is 21.5. The Hall–Kier alpha value is -2.44. The number of halogens is 1. The predicted molar refractivity (Wildman–Crippen MR) is 88.9 cm³/mol. The van der Waals surface area contributed by atoms with Crippen molar-refractivity contribution in [1.29, 1.82) is 0 Å². The van der Waals surface area contributed by atoms with Crippen LogP contribution in [0.4, 0.5) is 10.1 Å². The Balaban J connectivity index is 1.91. The summed E-state index contributed by atoms with van der Waals surface area (Å²) in [6, 6.07) is 10.6. The van der Waals surface area contributed by atoms with Gasteiger partial charge in [-0.25, -0.2) is 4.39 Å². The molecule has 1 aromatic carbocycles. The molecule has 0 radical (unpaired) electrons. The van der Waals surface area contributed by atoms with Crippen molar-refractivity contribution in [2.45, 2.75) is 12.2 Å². The van der Waals surface area contributed by atoms with Crippen LogP contribution in [0.3, 0.4) is 0 Å². The van der Waals surface area contributed by atoms with E-state index in [-0.39, 0.29) is 12.1 Å². The van der Waals surface area contributed by atoms with Crippen LogP contribution in [0, 0.1) is 0 Å². The lowest BCUT2D eigenvalue weighted by molar-refractivity contribution is 0.0130. The predicted octanol–water partition coefficient (Wildman–Crippen LogP) is 1.65. The molecule has 1 aromatic heterocycles. The Labute approximate surface area is 133 Å². The molecule has 0 fully saturated rings. The van der Waals surface area contributed by atoms with Crippen LogP contribution >= 0.6 is 0 Å². The maximum absolute atomic E-state index is 12.2. The number of aromatic amines is 1. The van der Waals surface area contributed by atoms with Gasteiger partial charge in [0.1, 0.15) is 12.8 Å². The summed E-state index contributed by atoms with van der Waals surface area (Å²) in [6.07, 6.45) is 2.88. The molecule has 0 aliphatic heterocycles. The highest BCUT2D eigenvalue weighted by atomic mass is 19.1. The van der Waals surface area contributed by atoms with E-state index in [1.165, 1.54) is 6.07 Å². The summed E-state index contributed by atoms with van der Waals surface area (Å²) in [6.45, 7) is -0.908. The van der Waals surface area contributed by atoms with Crippen LogP contribution in [0.15, 0.2) is 47.4 Å². The van der Waals surface area contributed by atoms with Gasteiger partial charge in [0.2, 0.25) is 5.56 Å². The normalized spacial score (nSPS) is 13.9. The maximum atomic E-state index is 12.2. The second-order valence-electron chi connectivity index (χ2n) is 5.11. The van der Waals surface area contributed by atoms with Crippen molar-refractivity contribution in [2.75, 3.05) is 18.5 Å². The number of hydrogen-bond donors (Lipinski definition) is 4. The summed E-state index contributed by atoms with van der Waals surface area (Å²) in [4.78, 5) is 13.6. The first-order valence-corrected chi connectivity index (χ1v) is 7.21. The van der Waals surface area contributed by atoms with Crippen LogP contribution in [0.5, 0.6) is 0 Å². The third-order valence-electron chi connectivity index (χ3n) is 3.30. The minimum atomic E-state index is -1.37. The number of hydrogen-bond acceptors (Lipinski definition) is 4. The molecule has 0 saturated carbocycles. The molecular formula is C17H19FN2O3. The third-order valence-corrected chi connectivity index (χ3v) is 3.30. The fraction of sp³-hybridized carbons (Fsp3) is 0.235. The van der Waals surface area contributed by atoms with Crippen molar-refractivity contribution < 1.29 is 14.6 Å². The van der Waals surface area contributed by atoms with Gasteiger partial charge in [0, 0.05) is 24.5 Å². The van der Waals surface area contributed by atoms with E-state index in [0.29, 0.717) is 0 Å². The molecule has 4 N–H and O–H groups in total. The van der Waals surface area contributed by atoms with E-state index in [4.69, 9.17) is 5.11 Å². The molecule has 6 heteroatoms. The first-order chi connectivity index (χ1) is 11.1. The Morgan fingerprint density at radius 2 is 1.70 bits per heavy atom. The molecule has 0 spiro atoms. The Kier molecular flexibility index (Phi) is 6.08. The van der Waals surface area contributed by atoms with E-state index in [0.717, 1.165) is 16.8 Å². The monoisotopic (exact) mass is 318 g/mol. The van der Waals surface area contributed by atoms with Crippen LogP contribution in [0.1, 0.15) is 11.1 Å².